The summed E-state index contributed by atoms with van der Waals surface area (Å²) in [6.07, 6.45) is 1.84. The largest absolute Gasteiger partial charge is 0.287 e. The SMILES string of the molecule is CCc1ccsc1C(=O)N1CCCO1. The van der Waals surface area contributed by atoms with E-state index in [1.807, 2.05) is 11.4 Å². The number of aryl methyl sites for hydroxylation is 1. The lowest BCUT2D eigenvalue weighted by atomic mass is 10.2. The van der Waals surface area contributed by atoms with Gasteiger partial charge in [-0.3, -0.25) is 9.63 Å². The molecule has 1 aromatic rings. The minimum atomic E-state index is 0.0225. The summed E-state index contributed by atoms with van der Waals surface area (Å²) in [5.41, 5.74) is 1.12. The zero-order valence-corrected chi connectivity index (χ0v) is 8.97. The summed E-state index contributed by atoms with van der Waals surface area (Å²) >= 11 is 1.50. The van der Waals surface area contributed by atoms with Crippen LogP contribution in [0.3, 0.4) is 0 Å². The van der Waals surface area contributed by atoms with E-state index in [1.165, 1.54) is 16.4 Å². The molecule has 0 radical (unpaired) electrons. The van der Waals surface area contributed by atoms with Gasteiger partial charge in [-0.25, -0.2) is 5.06 Å². The monoisotopic (exact) mass is 211 g/mol. The van der Waals surface area contributed by atoms with E-state index in [4.69, 9.17) is 4.84 Å². The number of carbonyl (C=O) groups excluding carboxylic acids is 1. The fraction of sp³-hybridized carbons (Fsp3) is 0.500. The van der Waals surface area contributed by atoms with Gasteiger partial charge >= 0.3 is 0 Å². The van der Waals surface area contributed by atoms with Crippen molar-refractivity contribution in [2.75, 3.05) is 13.2 Å². The van der Waals surface area contributed by atoms with Crippen molar-refractivity contribution in [3.05, 3.63) is 21.9 Å². The van der Waals surface area contributed by atoms with Gasteiger partial charge in [0, 0.05) is 0 Å². The molecule has 0 aromatic carbocycles. The summed E-state index contributed by atoms with van der Waals surface area (Å²) < 4.78 is 0. The second-order valence-electron chi connectivity index (χ2n) is 3.22. The first-order valence-corrected chi connectivity index (χ1v) is 5.72. The van der Waals surface area contributed by atoms with Gasteiger partial charge < -0.3 is 0 Å². The lowest BCUT2D eigenvalue weighted by Crippen LogP contribution is -2.26. The summed E-state index contributed by atoms with van der Waals surface area (Å²) in [5.74, 6) is 0.0225. The lowest BCUT2D eigenvalue weighted by Gasteiger charge is -2.13. The minimum absolute atomic E-state index is 0.0225. The van der Waals surface area contributed by atoms with E-state index in [1.54, 1.807) is 0 Å². The van der Waals surface area contributed by atoms with Gasteiger partial charge in [0.05, 0.1) is 18.0 Å². The number of amides is 1. The number of nitrogens with zero attached hydrogens (tertiary/aromatic N) is 1. The average molecular weight is 211 g/mol. The quantitative estimate of drug-likeness (QED) is 0.749. The highest BCUT2D eigenvalue weighted by atomic mass is 32.1. The Kier molecular flexibility index (Phi) is 2.84. The van der Waals surface area contributed by atoms with Crippen molar-refractivity contribution in [2.45, 2.75) is 19.8 Å². The first kappa shape index (κ1) is 9.68. The van der Waals surface area contributed by atoms with E-state index in [2.05, 4.69) is 6.92 Å². The van der Waals surface area contributed by atoms with Crippen molar-refractivity contribution in [1.82, 2.24) is 5.06 Å². The summed E-state index contributed by atoms with van der Waals surface area (Å²) in [5, 5.41) is 3.44. The number of thiophene rings is 1. The molecule has 2 heterocycles. The van der Waals surface area contributed by atoms with Gasteiger partial charge in [0.25, 0.3) is 5.91 Å². The van der Waals surface area contributed by atoms with E-state index in [-0.39, 0.29) is 5.91 Å². The molecule has 4 heteroatoms. The first-order valence-electron chi connectivity index (χ1n) is 4.84. The van der Waals surface area contributed by atoms with Gasteiger partial charge in [0.1, 0.15) is 0 Å². The van der Waals surface area contributed by atoms with Gasteiger partial charge in [-0.15, -0.1) is 11.3 Å². The second-order valence-corrected chi connectivity index (χ2v) is 4.14. The van der Waals surface area contributed by atoms with Crippen molar-refractivity contribution in [2.24, 2.45) is 0 Å². The van der Waals surface area contributed by atoms with E-state index in [0.29, 0.717) is 6.61 Å². The van der Waals surface area contributed by atoms with Gasteiger partial charge in [-0.1, -0.05) is 6.92 Å². The van der Waals surface area contributed by atoms with Crippen LogP contribution < -0.4 is 0 Å². The van der Waals surface area contributed by atoms with Crippen molar-refractivity contribution >= 4 is 17.2 Å². The predicted octanol–water partition coefficient (Wildman–Crippen LogP) is 2.09. The zero-order valence-electron chi connectivity index (χ0n) is 8.16. The highest BCUT2D eigenvalue weighted by Crippen LogP contribution is 2.21. The van der Waals surface area contributed by atoms with E-state index in [0.717, 1.165) is 29.8 Å². The van der Waals surface area contributed by atoms with E-state index < -0.39 is 0 Å². The number of rotatable bonds is 2. The van der Waals surface area contributed by atoms with Crippen LogP contribution in [0, 0.1) is 0 Å². The van der Waals surface area contributed by atoms with Crippen LogP contribution in [-0.2, 0) is 11.3 Å². The first-order chi connectivity index (χ1) is 6.83. The maximum atomic E-state index is 11.9. The Hall–Kier alpha value is -0.870. The van der Waals surface area contributed by atoms with E-state index >= 15 is 0 Å². The van der Waals surface area contributed by atoms with Gasteiger partial charge in [0.2, 0.25) is 0 Å². The molecule has 1 aliphatic rings. The van der Waals surface area contributed by atoms with Crippen LogP contribution >= 0.6 is 11.3 Å². The Bertz CT molecular complexity index is 329. The molecule has 0 spiro atoms. The van der Waals surface area contributed by atoms with Crippen LogP contribution in [0.5, 0.6) is 0 Å². The van der Waals surface area contributed by atoms with Crippen LogP contribution in [-0.4, -0.2) is 24.1 Å². The highest BCUT2D eigenvalue weighted by Gasteiger charge is 2.23. The average Bonchev–Trinajstić information content (AvgIpc) is 2.87. The third-order valence-corrected chi connectivity index (χ3v) is 3.25. The van der Waals surface area contributed by atoms with Gasteiger partial charge in [0.15, 0.2) is 0 Å². The molecule has 0 N–H and O–H groups in total. The molecule has 1 saturated heterocycles. The number of carbonyl (C=O) groups is 1. The standard InChI is InChI=1S/C10H13NO2S/c1-2-8-4-7-14-9(8)10(12)11-5-3-6-13-11/h4,7H,2-3,5-6H2,1H3. The molecular formula is C10H13NO2S. The topological polar surface area (TPSA) is 29.5 Å². The molecule has 0 unspecified atom stereocenters. The molecule has 1 aromatic heterocycles. The molecule has 0 aliphatic carbocycles. The molecule has 1 amide bonds. The number of hydrogen-bond donors (Lipinski definition) is 0. The maximum Gasteiger partial charge on any atom is 0.287 e. The molecule has 1 fully saturated rings. The molecule has 2 rings (SSSR count). The minimum Gasteiger partial charge on any atom is -0.271 e. The third kappa shape index (κ3) is 1.67. The van der Waals surface area contributed by atoms with E-state index in [9.17, 15) is 4.79 Å². The molecule has 76 valence electrons. The van der Waals surface area contributed by atoms with Crippen molar-refractivity contribution in [1.29, 1.82) is 0 Å². The molecule has 14 heavy (non-hydrogen) atoms. The van der Waals surface area contributed by atoms with Crippen LogP contribution in [0.1, 0.15) is 28.6 Å². The highest BCUT2D eigenvalue weighted by molar-refractivity contribution is 7.12. The van der Waals surface area contributed by atoms with Crippen LogP contribution in [0.4, 0.5) is 0 Å². The Morgan fingerprint density at radius 2 is 2.57 bits per heavy atom. The smallest absolute Gasteiger partial charge is 0.271 e. The summed E-state index contributed by atoms with van der Waals surface area (Å²) in [7, 11) is 0. The predicted molar refractivity (Wildman–Crippen MR) is 55.3 cm³/mol. The zero-order chi connectivity index (χ0) is 9.97. The number of hydrogen-bond acceptors (Lipinski definition) is 3. The Morgan fingerprint density at radius 1 is 1.71 bits per heavy atom. The van der Waals surface area contributed by atoms with Gasteiger partial charge in [-0.05, 0) is 29.9 Å². The molecule has 0 bridgehead atoms. The van der Waals surface area contributed by atoms with Crippen LogP contribution in [0.15, 0.2) is 11.4 Å². The molecule has 3 nitrogen and oxygen atoms in total. The molecule has 0 atom stereocenters. The maximum absolute atomic E-state index is 11.9. The molecule has 1 aliphatic heterocycles. The Balaban J connectivity index is 2.17. The Labute approximate surface area is 87.2 Å². The van der Waals surface area contributed by atoms with Crippen molar-refractivity contribution in [3.8, 4) is 0 Å². The van der Waals surface area contributed by atoms with Crippen LogP contribution in [0.25, 0.3) is 0 Å². The van der Waals surface area contributed by atoms with Gasteiger partial charge in [-0.2, -0.15) is 0 Å². The lowest BCUT2D eigenvalue weighted by molar-refractivity contribution is -0.0765. The third-order valence-electron chi connectivity index (χ3n) is 2.30. The van der Waals surface area contributed by atoms with Crippen molar-refractivity contribution in [3.63, 3.8) is 0 Å². The van der Waals surface area contributed by atoms with Crippen LogP contribution in [0.2, 0.25) is 0 Å². The fourth-order valence-electron chi connectivity index (χ4n) is 1.52. The number of hydroxylamine groups is 2. The Morgan fingerprint density at radius 3 is 3.21 bits per heavy atom. The summed E-state index contributed by atoms with van der Waals surface area (Å²) in [4.78, 5) is 18.0. The summed E-state index contributed by atoms with van der Waals surface area (Å²) in [6.45, 7) is 3.45. The second kappa shape index (κ2) is 4.11. The molecule has 0 saturated carbocycles. The van der Waals surface area contributed by atoms with Crippen molar-refractivity contribution < 1.29 is 9.63 Å². The normalized spacial score (nSPS) is 16.2. The fourth-order valence-corrected chi connectivity index (χ4v) is 2.46. The summed E-state index contributed by atoms with van der Waals surface area (Å²) in [6, 6.07) is 2.01. The molecular weight excluding hydrogens is 198 g/mol.